The first-order chi connectivity index (χ1) is 16.0. The number of nitrogens with zero attached hydrogens (tertiary/aromatic N) is 1. The molecule has 0 radical (unpaired) electrons. The third-order valence-corrected chi connectivity index (χ3v) is 6.62. The van der Waals surface area contributed by atoms with Crippen molar-refractivity contribution in [2.45, 2.75) is 52.4 Å². The highest BCUT2D eigenvalue weighted by atomic mass is 15.1. The SMILES string of the molecule is CCCC(C)(C)c1ccc(N(c2ccc(CC)cc2)c2ccc(-c3ccccc3)cc2)cc1. The fraction of sp³-hybridized carbons (Fsp3) is 0.250. The summed E-state index contributed by atoms with van der Waals surface area (Å²) < 4.78 is 0. The van der Waals surface area contributed by atoms with Gasteiger partial charge in [-0.05, 0) is 76.9 Å². The summed E-state index contributed by atoms with van der Waals surface area (Å²) in [6, 6.07) is 37.5. The highest BCUT2D eigenvalue weighted by molar-refractivity contribution is 5.78. The number of hydrogen-bond acceptors (Lipinski definition) is 1. The predicted octanol–water partition coefficient (Wildman–Crippen LogP) is 9.46. The smallest absolute Gasteiger partial charge is 0.0462 e. The van der Waals surface area contributed by atoms with Crippen LogP contribution in [0.5, 0.6) is 0 Å². The summed E-state index contributed by atoms with van der Waals surface area (Å²) in [4.78, 5) is 2.35. The van der Waals surface area contributed by atoms with Crippen molar-refractivity contribution in [3.05, 3.63) is 114 Å². The van der Waals surface area contributed by atoms with Gasteiger partial charge in [0.25, 0.3) is 0 Å². The Morgan fingerprint density at radius 3 is 1.58 bits per heavy atom. The Morgan fingerprint density at radius 1 is 0.576 bits per heavy atom. The van der Waals surface area contributed by atoms with E-state index >= 15 is 0 Å². The van der Waals surface area contributed by atoms with Crippen LogP contribution in [0.3, 0.4) is 0 Å². The average Bonchev–Trinajstić information content (AvgIpc) is 2.86. The van der Waals surface area contributed by atoms with Gasteiger partial charge in [0.2, 0.25) is 0 Å². The van der Waals surface area contributed by atoms with Crippen LogP contribution >= 0.6 is 0 Å². The van der Waals surface area contributed by atoms with Crippen molar-refractivity contribution in [2.75, 3.05) is 4.90 Å². The molecule has 0 saturated carbocycles. The Bertz CT molecular complexity index is 1140. The molecule has 0 N–H and O–H groups in total. The topological polar surface area (TPSA) is 3.24 Å². The predicted molar refractivity (Wildman–Crippen MR) is 144 cm³/mol. The molecule has 33 heavy (non-hydrogen) atoms. The molecule has 0 aromatic heterocycles. The summed E-state index contributed by atoms with van der Waals surface area (Å²) in [5.41, 5.74) is 8.95. The molecule has 0 heterocycles. The molecule has 168 valence electrons. The Morgan fingerprint density at radius 2 is 1.06 bits per heavy atom. The standard InChI is InChI=1S/C32H35N/c1-5-24-32(3,4)28-16-22-31(23-17-28)33(29-18-12-25(6-2)13-19-29)30-20-14-27(15-21-30)26-10-8-7-9-11-26/h7-23H,5-6,24H2,1-4H3. The van der Waals surface area contributed by atoms with E-state index < -0.39 is 0 Å². The van der Waals surface area contributed by atoms with Crippen molar-refractivity contribution in [1.29, 1.82) is 0 Å². The maximum absolute atomic E-state index is 2.35. The lowest BCUT2D eigenvalue weighted by Gasteiger charge is -2.28. The quantitative estimate of drug-likeness (QED) is 0.267. The molecule has 0 aliphatic rings. The van der Waals surface area contributed by atoms with Gasteiger partial charge in [-0.2, -0.15) is 0 Å². The van der Waals surface area contributed by atoms with Crippen LogP contribution in [0, 0.1) is 0 Å². The number of aryl methyl sites for hydroxylation is 1. The van der Waals surface area contributed by atoms with E-state index in [1.165, 1.54) is 52.2 Å². The molecule has 1 nitrogen and oxygen atoms in total. The van der Waals surface area contributed by atoms with E-state index in [0.29, 0.717) is 0 Å². The largest absolute Gasteiger partial charge is 0.311 e. The summed E-state index contributed by atoms with van der Waals surface area (Å²) in [5.74, 6) is 0. The first-order valence-electron chi connectivity index (χ1n) is 12.2. The zero-order valence-corrected chi connectivity index (χ0v) is 20.4. The Hall–Kier alpha value is -3.32. The molecule has 0 unspecified atom stereocenters. The van der Waals surface area contributed by atoms with Gasteiger partial charge in [0.05, 0.1) is 0 Å². The van der Waals surface area contributed by atoms with E-state index in [4.69, 9.17) is 0 Å². The van der Waals surface area contributed by atoms with Gasteiger partial charge in [-0.15, -0.1) is 0 Å². The highest BCUT2D eigenvalue weighted by Crippen LogP contribution is 2.37. The van der Waals surface area contributed by atoms with Crippen molar-refractivity contribution in [3.8, 4) is 11.1 Å². The van der Waals surface area contributed by atoms with Gasteiger partial charge in [0.15, 0.2) is 0 Å². The van der Waals surface area contributed by atoms with Crippen LogP contribution in [-0.4, -0.2) is 0 Å². The van der Waals surface area contributed by atoms with Crippen LogP contribution in [0.15, 0.2) is 103 Å². The second-order valence-electron chi connectivity index (χ2n) is 9.45. The van der Waals surface area contributed by atoms with E-state index in [0.717, 1.165) is 6.42 Å². The lowest BCUT2D eigenvalue weighted by atomic mass is 9.81. The molecule has 1 heteroatoms. The van der Waals surface area contributed by atoms with Crippen LogP contribution in [0.2, 0.25) is 0 Å². The van der Waals surface area contributed by atoms with Crippen molar-refractivity contribution in [2.24, 2.45) is 0 Å². The van der Waals surface area contributed by atoms with Gasteiger partial charge in [-0.1, -0.05) is 101 Å². The summed E-state index contributed by atoms with van der Waals surface area (Å²) in [6.07, 6.45) is 3.43. The third kappa shape index (κ3) is 5.20. The Labute approximate surface area is 199 Å². The maximum atomic E-state index is 2.35. The van der Waals surface area contributed by atoms with Gasteiger partial charge in [0.1, 0.15) is 0 Å². The molecule has 0 fully saturated rings. The van der Waals surface area contributed by atoms with E-state index in [1.807, 2.05) is 0 Å². The molecule has 0 atom stereocenters. The van der Waals surface area contributed by atoms with Gasteiger partial charge in [0, 0.05) is 17.1 Å². The minimum atomic E-state index is 0.193. The van der Waals surface area contributed by atoms with E-state index in [2.05, 4.69) is 136 Å². The molecule has 4 aromatic rings. The molecule has 0 spiro atoms. The maximum Gasteiger partial charge on any atom is 0.0462 e. The number of hydrogen-bond donors (Lipinski definition) is 0. The molecule has 0 amide bonds. The van der Waals surface area contributed by atoms with Gasteiger partial charge >= 0.3 is 0 Å². The van der Waals surface area contributed by atoms with Crippen molar-refractivity contribution in [1.82, 2.24) is 0 Å². The molecule has 0 aliphatic heterocycles. The highest BCUT2D eigenvalue weighted by Gasteiger charge is 2.20. The fourth-order valence-corrected chi connectivity index (χ4v) is 4.59. The van der Waals surface area contributed by atoms with E-state index in [-0.39, 0.29) is 5.41 Å². The lowest BCUT2D eigenvalue weighted by Crippen LogP contribution is -2.17. The van der Waals surface area contributed by atoms with Crippen LogP contribution in [0.4, 0.5) is 17.1 Å². The second-order valence-corrected chi connectivity index (χ2v) is 9.45. The van der Waals surface area contributed by atoms with Gasteiger partial charge in [-0.25, -0.2) is 0 Å². The van der Waals surface area contributed by atoms with Crippen molar-refractivity contribution >= 4 is 17.1 Å². The van der Waals surface area contributed by atoms with Crippen LogP contribution in [-0.2, 0) is 11.8 Å². The van der Waals surface area contributed by atoms with E-state index in [1.54, 1.807) is 0 Å². The summed E-state index contributed by atoms with van der Waals surface area (Å²) in [7, 11) is 0. The van der Waals surface area contributed by atoms with Crippen LogP contribution in [0.25, 0.3) is 11.1 Å². The molecule has 0 saturated heterocycles. The Kier molecular flexibility index (Phi) is 6.99. The van der Waals surface area contributed by atoms with Crippen LogP contribution < -0.4 is 4.90 Å². The number of rotatable bonds is 8. The molecule has 0 aliphatic carbocycles. The van der Waals surface area contributed by atoms with Gasteiger partial charge < -0.3 is 4.90 Å². The normalized spacial score (nSPS) is 11.4. The average molecular weight is 434 g/mol. The molecular formula is C32H35N. The first kappa shape index (κ1) is 22.9. The third-order valence-electron chi connectivity index (χ3n) is 6.62. The fourth-order valence-electron chi connectivity index (χ4n) is 4.59. The summed E-state index contributed by atoms with van der Waals surface area (Å²) >= 11 is 0. The molecule has 0 bridgehead atoms. The zero-order valence-electron chi connectivity index (χ0n) is 20.4. The van der Waals surface area contributed by atoms with Gasteiger partial charge in [-0.3, -0.25) is 0 Å². The summed E-state index contributed by atoms with van der Waals surface area (Å²) in [6.45, 7) is 9.15. The van der Waals surface area contributed by atoms with Crippen molar-refractivity contribution in [3.63, 3.8) is 0 Å². The summed E-state index contributed by atoms with van der Waals surface area (Å²) in [5, 5.41) is 0. The first-order valence-corrected chi connectivity index (χ1v) is 12.2. The lowest BCUT2D eigenvalue weighted by molar-refractivity contribution is 0.473. The minimum absolute atomic E-state index is 0.193. The molecule has 4 rings (SSSR count). The zero-order chi connectivity index (χ0) is 23.3. The number of benzene rings is 4. The van der Waals surface area contributed by atoms with E-state index in [9.17, 15) is 0 Å². The minimum Gasteiger partial charge on any atom is -0.311 e. The molecular weight excluding hydrogens is 398 g/mol. The number of anilines is 3. The monoisotopic (exact) mass is 433 g/mol. The second kappa shape index (κ2) is 10.1. The van der Waals surface area contributed by atoms with Crippen LogP contribution in [0.1, 0.15) is 51.7 Å². The van der Waals surface area contributed by atoms with Crippen molar-refractivity contribution < 1.29 is 0 Å². The Balaban J connectivity index is 1.72. The molecule has 4 aromatic carbocycles.